The van der Waals surface area contributed by atoms with Gasteiger partial charge in [0.25, 0.3) is 0 Å². The topological polar surface area (TPSA) is 89.9 Å². The van der Waals surface area contributed by atoms with Crippen LogP contribution in [0.1, 0.15) is 145 Å². The van der Waals surface area contributed by atoms with Crippen molar-refractivity contribution in [3.63, 3.8) is 0 Å². The zero-order chi connectivity index (χ0) is 26.3. The SMILES string of the molecule is CC(C)(C)OC(=O)C(C)(CCCCCCCCCCCCCCCC(=O)O)C(=O)OC(C)(C)C. The van der Waals surface area contributed by atoms with Crippen molar-refractivity contribution >= 4 is 17.9 Å². The molecule has 0 heterocycles. The van der Waals surface area contributed by atoms with Gasteiger partial charge >= 0.3 is 17.9 Å². The number of carbonyl (C=O) groups excluding carboxylic acids is 2. The quantitative estimate of drug-likeness (QED) is 0.122. The normalized spacial score (nSPS) is 12.4. The fourth-order valence-electron chi connectivity index (χ4n) is 3.77. The third-order valence-corrected chi connectivity index (χ3v) is 5.77. The lowest BCUT2D eigenvalue weighted by Gasteiger charge is -2.32. The van der Waals surface area contributed by atoms with E-state index in [1.165, 1.54) is 44.9 Å². The van der Waals surface area contributed by atoms with Crippen molar-refractivity contribution in [3.05, 3.63) is 0 Å². The molecule has 0 amide bonds. The van der Waals surface area contributed by atoms with E-state index in [4.69, 9.17) is 14.6 Å². The first-order valence-corrected chi connectivity index (χ1v) is 13.4. The molecular weight excluding hydrogens is 432 g/mol. The summed E-state index contributed by atoms with van der Waals surface area (Å²) in [6.45, 7) is 12.5. The van der Waals surface area contributed by atoms with Gasteiger partial charge in [-0.15, -0.1) is 0 Å². The Bertz CT molecular complexity index is 569. The van der Waals surface area contributed by atoms with Gasteiger partial charge in [-0.05, 0) is 61.3 Å². The van der Waals surface area contributed by atoms with Crippen LogP contribution >= 0.6 is 0 Å². The fourth-order valence-corrected chi connectivity index (χ4v) is 3.77. The highest BCUT2D eigenvalue weighted by atomic mass is 16.6. The van der Waals surface area contributed by atoms with Crippen molar-refractivity contribution in [1.82, 2.24) is 0 Å². The molecule has 0 rings (SSSR count). The molecule has 6 heteroatoms. The molecule has 0 aromatic heterocycles. The van der Waals surface area contributed by atoms with Crippen LogP contribution in [-0.2, 0) is 23.9 Å². The Morgan fingerprint density at radius 3 is 1.12 bits per heavy atom. The smallest absolute Gasteiger partial charge is 0.323 e. The van der Waals surface area contributed by atoms with Crippen molar-refractivity contribution in [1.29, 1.82) is 0 Å². The molecule has 1 N–H and O–H groups in total. The zero-order valence-electron chi connectivity index (χ0n) is 23.1. The Hall–Kier alpha value is -1.59. The standard InChI is InChI=1S/C28H52O6/c1-26(2,3)33-24(31)28(7,25(32)34-27(4,5)6)22-20-18-16-14-12-10-8-9-11-13-15-17-19-21-23(29)30/h8-22H2,1-7H3,(H,29,30). The number of unbranched alkanes of at least 4 members (excludes halogenated alkanes) is 12. The Morgan fingerprint density at radius 2 is 0.824 bits per heavy atom. The van der Waals surface area contributed by atoms with Crippen LogP contribution < -0.4 is 0 Å². The van der Waals surface area contributed by atoms with Gasteiger partial charge in [-0.25, -0.2) is 0 Å². The second-order valence-corrected chi connectivity index (χ2v) is 11.8. The molecule has 0 radical (unpaired) electrons. The average Bonchev–Trinajstić information content (AvgIpc) is 2.67. The lowest BCUT2D eigenvalue weighted by Crippen LogP contribution is -2.44. The molecule has 200 valence electrons. The van der Waals surface area contributed by atoms with Crippen LogP contribution in [0.5, 0.6) is 0 Å². The van der Waals surface area contributed by atoms with Crippen molar-refractivity contribution in [3.8, 4) is 0 Å². The molecule has 34 heavy (non-hydrogen) atoms. The summed E-state index contributed by atoms with van der Waals surface area (Å²) in [5.41, 5.74) is -2.59. The van der Waals surface area contributed by atoms with Gasteiger partial charge in [-0.1, -0.05) is 77.0 Å². The van der Waals surface area contributed by atoms with Crippen LogP contribution in [0, 0.1) is 5.41 Å². The first-order valence-electron chi connectivity index (χ1n) is 13.4. The maximum atomic E-state index is 12.9. The summed E-state index contributed by atoms with van der Waals surface area (Å²) in [6.07, 6.45) is 15.1. The first kappa shape index (κ1) is 32.4. The summed E-state index contributed by atoms with van der Waals surface area (Å²) in [7, 11) is 0. The van der Waals surface area contributed by atoms with Gasteiger partial charge in [0.15, 0.2) is 5.41 Å². The Balaban J connectivity index is 4.12. The second-order valence-electron chi connectivity index (χ2n) is 11.8. The van der Waals surface area contributed by atoms with Crippen LogP contribution in [-0.4, -0.2) is 34.2 Å². The summed E-state index contributed by atoms with van der Waals surface area (Å²) in [5, 5.41) is 8.62. The maximum Gasteiger partial charge on any atom is 0.323 e. The molecule has 0 aliphatic rings. The molecule has 0 aliphatic heterocycles. The molecule has 0 fully saturated rings. The molecular formula is C28H52O6. The highest BCUT2D eigenvalue weighted by molar-refractivity contribution is 5.99. The van der Waals surface area contributed by atoms with Gasteiger partial charge in [0.2, 0.25) is 0 Å². The molecule has 0 saturated heterocycles. The van der Waals surface area contributed by atoms with E-state index in [1.54, 1.807) is 6.92 Å². The fraction of sp³-hybridized carbons (Fsp3) is 0.893. The summed E-state index contributed by atoms with van der Waals surface area (Å²) in [4.78, 5) is 36.2. The van der Waals surface area contributed by atoms with Gasteiger partial charge in [-0.2, -0.15) is 0 Å². The van der Waals surface area contributed by atoms with Crippen molar-refractivity contribution in [2.45, 2.75) is 156 Å². The molecule has 0 saturated carbocycles. The van der Waals surface area contributed by atoms with E-state index >= 15 is 0 Å². The Morgan fingerprint density at radius 1 is 0.529 bits per heavy atom. The number of ether oxygens (including phenoxy) is 2. The van der Waals surface area contributed by atoms with Crippen LogP contribution in [0.2, 0.25) is 0 Å². The van der Waals surface area contributed by atoms with Gasteiger partial charge < -0.3 is 14.6 Å². The zero-order valence-corrected chi connectivity index (χ0v) is 23.1. The molecule has 0 aromatic rings. The van der Waals surface area contributed by atoms with E-state index in [1.807, 2.05) is 41.5 Å². The molecule has 0 aromatic carbocycles. The minimum Gasteiger partial charge on any atom is -0.481 e. The van der Waals surface area contributed by atoms with Crippen LogP contribution in [0.15, 0.2) is 0 Å². The molecule has 0 bridgehead atoms. The molecule has 0 spiro atoms. The lowest BCUT2D eigenvalue weighted by molar-refractivity contribution is -0.184. The molecule has 0 atom stereocenters. The summed E-state index contributed by atoms with van der Waals surface area (Å²) in [6, 6.07) is 0. The van der Waals surface area contributed by atoms with Gasteiger partial charge in [0.1, 0.15) is 11.2 Å². The third kappa shape index (κ3) is 16.9. The van der Waals surface area contributed by atoms with E-state index in [2.05, 4.69) is 0 Å². The highest BCUT2D eigenvalue weighted by Gasteiger charge is 2.46. The predicted molar refractivity (Wildman–Crippen MR) is 137 cm³/mol. The summed E-state index contributed by atoms with van der Waals surface area (Å²) < 4.78 is 11.1. The van der Waals surface area contributed by atoms with Crippen LogP contribution in [0.4, 0.5) is 0 Å². The van der Waals surface area contributed by atoms with Crippen molar-refractivity contribution in [2.75, 3.05) is 0 Å². The first-order chi connectivity index (χ1) is 15.7. The van der Waals surface area contributed by atoms with E-state index in [-0.39, 0.29) is 0 Å². The van der Waals surface area contributed by atoms with Crippen LogP contribution in [0.3, 0.4) is 0 Å². The van der Waals surface area contributed by atoms with E-state index in [9.17, 15) is 14.4 Å². The van der Waals surface area contributed by atoms with E-state index in [0.717, 1.165) is 38.5 Å². The lowest BCUT2D eigenvalue weighted by atomic mass is 9.84. The number of carbonyl (C=O) groups is 3. The van der Waals surface area contributed by atoms with Crippen molar-refractivity contribution in [2.24, 2.45) is 5.41 Å². The molecule has 0 unspecified atom stereocenters. The molecule has 6 nitrogen and oxygen atoms in total. The van der Waals surface area contributed by atoms with Crippen LogP contribution in [0.25, 0.3) is 0 Å². The third-order valence-electron chi connectivity index (χ3n) is 5.77. The number of carboxylic acids is 1. The number of hydrogen-bond donors (Lipinski definition) is 1. The van der Waals surface area contributed by atoms with Gasteiger partial charge in [0, 0.05) is 6.42 Å². The van der Waals surface area contributed by atoms with E-state index in [0.29, 0.717) is 12.8 Å². The molecule has 0 aliphatic carbocycles. The number of carboxylic acid groups (broad SMARTS) is 1. The number of rotatable bonds is 18. The van der Waals surface area contributed by atoms with Gasteiger partial charge in [0.05, 0.1) is 0 Å². The average molecular weight is 485 g/mol. The number of esters is 2. The minimum absolute atomic E-state index is 0.293. The predicted octanol–water partition coefficient (Wildman–Crippen LogP) is 7.61. The van der Waals surface area contributed by atoms with Gasteiger partial charge in [-0.3, -0.25) is 14.4 Å². The monoisotopic (exact) mass is 484 g/mol. The largest absolute Gasteiger partial charge is 0.481 e. The van der Waals surface area contributed by atoms with Crippen molar-refractivity contribution < 1.29 is 29.0 Å². The number of aliphatic carboxylic acids is 1. The maximum absolute atomic E-state index is 12.9. The highest BCUT2D eigenvalue weighted by Crippen LogP contribution is 2.32. The number of hydrogen-bond acceptors (Lipinski definition) is 5. The summed E-state index contributed by atoms with van der Waals surface area (Å²) >= 11 is 0. The summed E-state index contributed by atoms with van der Waals surface area (Å²) in [5.74, 6) is -1.70. The Labute approximate surface area is 208 Å². The van der Waals surface area contributed by atoms with E-state index < -0.39 is 34.5 Å². The second kappa shape index (κ2) is 16.1. The Kier molecular flexibility index (Phi) is 15.4. The minimum atomic E-state index is -1.28.